The molecule has 96 valence electrons. The molecule has 18 heavy (non-hydrogen) atoms. The van der Waals surface area contributed by atoms with Crippen molar-refractivity contribution in [2.24, 2.45) is 5.73 Å². The van der Waals surface area contributed by atoms with Gasteiger partial charge in [0.15, 0.2) is 5.43 Å². The molecule has 1 heterocycles. The van der Waals surface area contributed by atoms with Gasteiger partial charge in [-0.2, -0.15) is 0 Å². The molecule has 0 unspecified atom stereocenters. The number of nitrogens with one attached hydrogen (secondary N) is 1. The molecule has 0 aliphatic heterocycles. The molecule has 0 aromatic carbocycles. The van der Waals surface area contributed by atoms with E-state index in [1.54, 1.807) is 0 Å². The SMILES string of the molecule is Cc1cc(=O)c(C(=O)O)cn1CC(=O)NC(N)=O. The van der Waals surface area contributed by atoms with E-state index in [-0.39, 0.29) is 6.54 Å². The number of carboxylic acid groups (broad SMARTS) is 1. The van der Waals surface area contributed by atoms with Gasteiger partial charge in [-0.15, -0.1) is 0 Å². The van der Waals surface area contributed by atoms with Gasteiger partial charge in [0.25, 0.3) is 0 Å². The number of nitrogens with two attached hydrogens (primary N) is 1. The maximum Gasteiger partial charge on any atom is 0.341 e. The van der Waals surface area contributed by atoms with E-state index in [1.807, 2.05) is 5.32 Å². The standard InChI is InChI=1S/C10H11N3O5/c1-5-2-7(14)6(9(16)17)3-13(5)4-8(15)12-10(11)18/h2-3H,4H2,1H3,(H,16,17)(H3,11,12,15,18). The number of carboxylic acids is 1. The van der Waals surface area contributed by atoms with Crippen molar-refractivity contribution in [3.05, 3.63) is 33.7 Å². The van der Waals surface area contributed by atoms with Crippen molar-refractivity contribution < 1.29 is 19.5 Å². The number of hydrogen-bond donors (Lipinski definition) is 3. The number of aromatic nitrogens is 1. The van der Waals surface area contributed by atoms with Crippen molar-refractivity contribution in [2.45, 2.75) is 13.5 Å². The average molecular weight is 253 g/mol. The number of carbonyl (C=O) groups excluding carboxylic acids is 2. The summed E-state index contributed by atoms with van der Waals surface area (Å²) in [4.78, 5) is 43.8. The quantitative estimate of drug-likeness (QED) is 0.639. The van der Waals surface area contributed by atoms with Crippen LogP contribution in [-0.2, 0) is 11.3 Å². The fourth-order valence-electron chi connectivity index (χ4n) is 1.33. The van der Waals surface area contributed by atoms with Crippen LogP contribution in [0.3, 0.4) is 0 Å². The summed E-state index contributed by atoms with van der Waals surface area (Å²) in [5.41, 5.74) is 4.06. The van der Waals surface area contributed by atoms with Crippen LogP contribution in [0.25, 0.3) is 0 Å². The molecule has 1 aromatic rings. The molecule has 1 aromatic heterocycles. The first-order chi connectivity index (χ1) is 8.31. The van der Waals surface area contributed by atoms with Gasteiger partial charge in [-0.05, 0) is 6.92 Å². The Kier molecular flexibility index (Phi) is 3.82. The lowest BCUT2D eigenvalue weighted by Gasteiger charge is -2.10. The van der Waals surface area contributed by atoms with E-state index in [0.29, 0.717) is 5.69 Å². The lowest BCUT2D eigenvalue weighted by molar-refractivity contribution is -0.120. The highest BCUT2D eigenvalue weighted by atomic mass is 16.4. The maximum absolute atomic E-state index is 11.3. The average Bonchev–Trinajstić information content (AvgIpc) is 2.20. The molecule has 4 N–H and O–H groups in total. The predicted octanol–water partition coefficient (Wildman–Crippen LogP) is -0.950. The smallest absolute Gasteiger partial charge is 0.341 e. The van der Waals surface area contributed by atoms with Gasteiger partial charge in [0, 0.05) is 18.0 Å². The van der Waals surface area contributed by atoms with Crippen molar-refractivity contribution in [1.29, 1.82) is 0 Å². The molecule has 8 heteroatoms. The van der Waals surface area contributed by atoms with E-state index < -0.39 is 28.9 Å². The number of hydrogen-bond acceptors (Lipinski definition) is 4. The van der Waals surface area contributed by atoms with E-state index in [0.717, 1.165) is 12.3 Å². The Morgan fingerprint density at radius 3 is 2.56 bits per heavy atom. The number of imide groups is 1. The summed E-state index contributed by atoms with van der Waals surface area (Å²) in [5, 5.41) is 10.6. The van der Waals surface area contributed by atoms with Crippen molar-refractivity contribution in [3.8, 4) is 0 Å². The zero-order valence-corrected chi connectivity index (χ0v) is 9.47. The molecule has 0 bridgehead atoms. The zero-order valence-electron chi connectivity index (χ0n) is 9.47. The Hall–Kier alpha value is -2.64. The number of primary amides is 1. The van der Waals surface area contributed by atoms with Crippen LogP contribution in [0.5, 0.6) is 0 Å². The fraction of sp³-hybridized carbons (Fsp3) is 0.200. The first-order valence-corrected chi connectivity index (χ1v) is 4.85. The first kappa shape index (κ1) is 13.4. The Bertz CT molecular complexity index is 575. The molecule has 0 saturated carbocycles. The van der Waals surface area contributed by atoms with Gasteiger partial charge in [0.05, 0.1) is 0 Å². The maximum atomic E-state index is 11.3. The molecule has 0 radical (unpaired) electrons. The lowest BCUT2D eigenvalue weighted by atomic mass is 10.2. The van der Waals surface area contributed by atoms with Crippen LogP contribution < -0.4 is 16.5 Å². The third-order valence-corrected chi connectivity index (χ3v) is 2.15. The summed E-state index contributed by atoms with van der Waals surface area (Å²) < 4.78 is 1.24. The molecule has 3 amide bonds. The Labute approximate surface area is 101 Å². The molecular formula is C10H11N3O5. The van der Waals surface area contributed by atoms with Gasteiger partial charge in [0.1, 0.15) is 12.1 Å². The van der Waals surface area contributed by atoms with E-state index in [9.17, 15) is 19.2 Å². The van der Waals surface area contributed by atoms with Crippen molar-refractivity contribution >= 4 is 17.9 Å². The minimum Gasteiger partial charge on any atom is -0.477 e. The van der Waals surface area contributed by atoms with E-state index >= 15 is 0 Å². The largest absolute Gasteiger partial charge is 0.477 e. The van der Waals surface area contributed by atoms with Gasteiger partial charge < -0.3 is 15.4 Å². The summed E-state index contributed by atoms with van der Waals surface area (Å²) in [6, 6.07) is 0.0956. The van der Waals surface area contributed by atoms with Crippen LogP contribution in [0.15, 0.2) is 17.1 Å². The summed E-state index contributed by atoms with van der Waals surface area (Å²) in [7, 11) is 0. The van der Waals surface area contributed by atoms with Crippen LogP contribution in [-0.4, -0.2) is 27.6 Å². The van der Waals surface area contributed by atoms with Crippen molar-refractivity contribution in [1.82, 2.24) is 9.88 Å². The first-order valence-electron chi connectivity index (χ1n) is 4.85. The number of nitrogens with zero attached hydrogens (tertiary/aromatic N) is 1. The Morgan fingerprint density at radius 1 is 1.44 bits per heavy atom. The molecule has 0 spiro atoms. The lowest BCUT2D eigenvalue weighted by Crippen LogP contribution is -2.37. The monoisotopic (exact) mass is 253 g/mol. The molecule has 1 rings (SSSR count). The highest BCUT2D eigenvalue weighted by Crippen LogP contribution is 1.99. The molecule has 0 saturated heterocycles. The van der Waals surface area contributed by atoms with Gasteiger partial charge in [-0.3, -0.25) is 14.9 Å². The molecule has 0 atom stereocenters. The molecular weight excluding hydrogens is 242 g/mol. The van der Waals surface area contributed by atoms with E-state index in [1.165, 1.54) is 11.5 Å². The highest BCUT2D eigenvalue weighted by molar-refractivity contribution is 5.93. The van der Waals surface area contributed by atoms with Gasteiger partial charge in [-0.1, -0.05) is 0 Å². The van der Waals surface area contributed by atoms with Gasteiger partial charge >= 0.3 is 12.0 Å². The fourth-order valence-corrected chi connectivity index (χ4v) is 1.33. The number of rotatable bonds is 3. The molecule has 8 nitrogen and oxygen atoms in total. The number of pyridine rings is 1. The highest BCUT2D eigenvalue weighted by Gasteiger charge is 2.12. The number of aryl methyl sites for hydroxylation is 1. The van der Waals surface area contributed by atoms with Gasteiger partial charge in [0.2, 0.25) is 5.91 Å². The number of aromatic carboxylic acids is 1. The Morgan fingerprint density at radius 2 is 2.06 bits per heavy atom. The second-order valence-corrected chi connectivity index (χ2v) is 3.54. The van der Waals surface area contributed by atoms with Crippen LogP contribution in [0.2, 0.25) is 0 Å². The summed E-state index contributed by atoms with van der Waals surface area (Å²) in [6.07, 6.45) is 1.04. The summed E-state index contributed by atoms with van der Waals surface area (Å²) in [6.45, 7) is 1.22. The van der Waals surface area contributed by atoms with Crippen molar-refractivity contribution in [3.63, 3.8) is 0 Å². The number of amides is 3. The predicted molar refractivity (Wildman–Crippen MR) is 60.1 cm³/mol. The minimum absolute atomic E-state index is 0.310. The number of urea groups is 1. The van der Waals surface area contributed by atoms with E-state index in [2.05, 4.69) is 0 Å². The van der Waals surface area contributed by atoms with Crippen LogP contribution in [0, 0.1) is 6.92 Å². The van der Waals surface area contributed by atoms with Crippen LogP contribution >= 0.6 is 0 Å². The molecule has 0 aliphatic rings. The topological polar surface area (TPSA) is 131 Å². The summed E-state index contributed by atoms with van der Waals surface area (Å²) in [5.74, 6) is -2.09. The third kappa shape index (κ3) is 3.17. The summed E-state index contributed by atoms with van der Waals surface area (Å²) >= 11 is 0. The molecule has 0 aliphatic carbocycles. The number of carbonyl (C=O) groups is 3. The van der Waals surface area contributed by atoms with Crippen molar-refractivity contribution in [2.75, 3.05) is 0 Å². The normalized spacial score (nSPS) is 9.83. The second kappa shape index (κ2) is 5.13. The molecule has 0 fully saturated rings. The van der Waals surface area contributed by atoms with Gasteiger partial charge in [-0.25, -0.2) is 9.59 Å². The van der Waals surface area contributed by atoms with E-state index in [4.69, 9.17) is 10.8 Å². The minimum atomic E-state index is -1.39. The van der Waals surface area contributed by atoms with Crippen LogP contribution in [0.1, 0.15) is 16.1 Å². The Balaban J connectivity index is 3.06. The second-order valence-electron chi connectivity index (χ2n) is 3.54. The third-order valence-electron chi connectivity index (χ3n) is 2.15. The van der Waals surface area contributed by atoms with Crippen LogP contribution in [0.4, 0.5) is 4.79 Å². The zero-order chi connectivity index (χ0) is 13.9.